The van der Waals surface area contributed by atoms with Crippen LogP contribution in [0.3, 0.4) is 0 Å². The van der Waals surface area contributed by atoms with E-state index < -0.39 is 0 Å². The number of hydrogen-bond donors (Lipinski definition) is 2. The Morgan fingerprint density at radius 1 is 1.13 bits per heavy atom. The highest BCUT2D eigenvalue weighted by Gasteiger charge is 2.11. The fraction of sp³-hybridized carbons (Fsp3) is 0.107. The highest BCUT2D eigenvalue weighted by atomic mass is 35.5. The number of carbonyl (C=O) groups excluding carboxylic acids is 1. The summed E-state index contributed by atoms with van der Waals surface area (Å²) >= 11 is 7.87. The lowest BCUT2D eigenvalue weighted by Gasteiger charge is -2.11. The highest BCUT2D eigenvalue weighted by molar-refractivity contribution is 7.20. The lowest BCUT2D eigenvalue weighted by Crippen LogP contribution is -2.25. The van der Waals surface area contributed by atoms with E-state index in [9.17, 15) is 9.18 Å². The van der Waals surface area contributed by atoms with Crippen LogP contribution < -0.4 is 15.4 Å². The van der Waals surface area contributed by atoms with Crippen LogP contribution in [-0.2, 0) is 17.8 Å². The SMILES string of the molecule is O=C(Cc1ccco1)NCC#Cc1cc2ncnc(Nc3ccc(OCc4cccc(F)c4)c(Cl)c3)c2s1. The van der Waals surface area contributed by atoms with Gasteiger partial charge in [0.25, 0.3) is 0 Å². The number of halogens is 2. The van der Waals surface area contributed by atoms with E-state index in [-0.39, 0.29) is 31.3 Å². The Morgan fingerprint density at radius 3 is 2.87 bits per heavy atom. The van der Waals surface area contributed by atoms with Gasteiger partial charge in [0, 0.05) is 5.69 Å². The van der Waals surface area contributed by atoms with Gasteiger partial charge in [0.1, 0.15) is 30.3 Å². The number of nitrogens with zero attached hydrogens (tertiary/aromatic N) is 2. The molecule has 2 aromatic carbocycles. The molecule has 3 heterocycles. The molecule has 0 radical (unpaired) electrons. The van der Waals surface area contributed by atoms with Gasteiger partial charge in [0.05, 0.1) is 39.3 Å². The van der Waals surface area contributed by atoms with E-state index in [0.717, 1.165) is 15.1 Å². The van der Waals surface area contributed by atoms with E-state index in [1.165, 1.54) is 36.1 Å². The Hall–Kier alpha value is -4.39. The average molecular weight is 547 g/mol. The van der Waals surface area contributed by atoms with Gasteiger partial charge in [0.15, 0.2) is 5.82 Å². The van der Waals surface area contributed by atoms with Crippen molar-refractivity contribution in [3.8, 4) is 17.6 Å². The van der Waals surface area contributed by atoms with Crippen LogP contribution in [0.15, 0.2) is 77.7 Å². The molecular weight excluding hydrogens is 527 g/mol. The number of fused-ring (bicyclic) bond motifs is 1. The van der Waals surface area contributed by atoms with Crippen LogP contribution in [0.5, 0.6) is 5.75 Å². The first-order valence-electron chi connectivity index (χ1n) is 11.5. The normalized spacial score (nSPS) is 10.6. The standard InChI is InChI=1S/C28H20ClFN4O3S/c29-23-13-20(8-9-25(23)37-16-18-4-1-5-19(30)12-18)34-28-27-24(32-17-33-28)15-22(38-27)7-2-10-31-26(35)14-21-6-3-11-36-21/h1,3-6,8-9,11-13,15,17H,10,14,16H2,(H,31,35)(H,32,33,34). The first-order valence-corrected chi connectivity index (χ1v) is 12.7. The molecule has 0 aliphatic heterocycles. The molecular formula is C28H20ClFN4O3S. The molecule has 10 heteroatoms. The molecule has 190 valence electrons. The average Bonchev–Trinajstić information content (AvgIpc) is 3.56. The van der Waals surface area contributed by atoms with Crippen LogP contribution >= 0.6 is 22.9 Å². The summed E-state index contributed by atoms with van der Waals surface area (Å²) in [6.07, 6.45) is 3.18. The lowest BCUT2D eigenvalue weighted by molar-refractivity contribution is -0.120. The maximum absolute atomic E-state index is 13.4. The van der Waals surface area contributed by atoms with Crippen LogP contribution in [-0.4, -0.2) is 22.4 Å². The van der Waals surface area contributed by atoms with Gasteiger partial charge in [-0.1, -0.05) is 35.6 Å². The van der Waals surface area contributed by atoms with E-state index >= 15 is 0 Å². The maximum Gasteiger partial charge on any atom is 0.228 e. The van der Waals surface area contributed by atoms with Crippen molar-refractivity contribution in [3.05, 3.63) is 100 Å². The van der Waals surface area contributed by atoms with Crippen molar-refractivity contribution in [3.63, 3.8) is 0 Å². The number of ether oxygens (including phenoxy) is 1. The van der Waals surface area contributed by atoms with Crippen LogP contribution in [0.2, 0.25) is 5.02 Å². The van der Waals surface area contributed by atoms with Crippen LogP contribution in [0.4, 0.5) is 15.9 Å². The van der Waals surface area contributed by atoms with Gasteiger partial charge in [-0.25, -0.2) is 14.4 Å². The van der Waals surface area contributed by atoms with E-state index in [4.69, 9.17) is 20.8 Å². The van der Waals surface area contributed by atoms with E-state index in [2.05, 4.69) is 32.4 Å². The van der Waals surface area contributed by atoms with Crippen molar-refractivity contribution < 1.29 is 18.3 Å². The predicted octanol–water partition coefficient (Wildman–Crippen LogP) is 6.11. The van der Waals surface area contributed by atoms with Gasteiger partial charge in [-0.05, 0) is 54.1 Å². The van der Waals surface area contributed by atoms with Gasteiger partial charge >= 0.3 is 0 Å². The number of hydrogen-bond acceptors (Lipinski definition) is 7. The van der Waals surface area contributed by atoms with Crippen molar-refractivity contribution in [2.75, 3.05) is 11.9 Å². The van der Waals surface area contributed by atoms with Crippen LogP contribution in [0.25, 0.3) is 10.2 Å². The second-order valence-electron chi connectivity index (χ2n) is 8.07. The Morgan fingerprint density at radius 2 is 2.05 bits per heavy atom. The molecule has 0 aliphatic carbocycles. The third kappa shape index (κ3) is 6.48. The number of thiophene rings is 1. The number of benzene rings is 2. The minimum Gasteiger partial charge on any atom is -0.487 e. The zero-order valence-corrected chi connectivity index (χ0v) is 21.4. The molecule has 0 atom stereocenters. The minimum absolute atomic E-state index is 0.160. The zero-order chi connectivity index (χ0) is 26.3. The molecule has 0 unspecified atom stereocenters. The van der Waals surface area contributed by atoms with E-state index in [1.807, 2.05) is 12.1 Å². The Kier molecular flexibility index (Phi) is 7.83. The molecule has 5 aromatic rings. The van der Waals surface area contributed by atoms with Gasteiger partial charge < -0.3 is 19.8 Å². The third-order valence-corrected chi connectivity index (χ3v) is 6.63. The fourth-order valence-corrected chi connectivity index (χ4v) is 4.70. The number of furan rings is 1. The summed E-state index contributed by atoms with van der Waals surface area (Å²) in [6.45, 7) is 0.417. The maximum atomic E-state index is 13.4. The second-order valence-corrected chi connectivity index (χ2v) is 9.53. The largest absolute Gasteiger partial charge is 0.487 e. The van der Waals surface area contributed by atoms with Gasteiger partial charge in [-0.15, -0.1) is 11.3 Å². The van der Waals surface area contributed by atoms with Crippen molar-refractivity contribution in [2.45, 2.75) is 13.0 Å². The zero-order valence-electron chi connectivity index (χ0n) is 19.8. The molecule has 5 rings (SSSR count). The van der Waals surface area contributed by atoms with E-state index in [0.29, 0.717) is 33.6 Å². The Balaban J connectivity index is 1.22. The van der Waals surface area contributed by atoms with Gasteiger partial charge in [-0.3, -0.25) is 4.79 Å². The van der Waals surface area contributed by atoms with Gasteiger partial charge in [0.2, 0.25) is 5.91 Å². The molecule has 3 aromatic heterocycles. The molecule has 1 amide bonds. The molecule has 0 saturated heterocycles. The quantitative estimate of drug-likeness (QED) is 0.228. The number of rotatable bonds is 8. The molecule has 38 heavy (non-hydrogen) atoms. The fourth-order valence-electron chi connectivity index (χ4n) is 3.53. The first kappa shape index (κ1) is 25.3. The number of nitrogens with one attached hydrogen (secondary N) is 2. The molecule has 2 N–H and O–H groups in total. The topological polar surface area (TPSA) is 89.3 Å². The summed E-state index contributed by atoms with van der Waals surface area (Å²) in [5.41, 5.74) is 2.17. The Bertz CT molecular complexity index is 1640. The van der Waals surface area contributed by atoms with Gasteiger partial charge in [-0.2, -0.15) is 0 Å². The second kappa shape index (κ2) is 11.8. The summed E-state index contributed by atoms with van der Waals surface area (Å²) in [4.78, 5) is 21.4. The first-order chi connectivity index (χ1) is 18.5. The number of aromatic nitrogens is 2. The van der Waals surface area contributed by atoms with Crippen molar-refractivity contribution in [2.24, 2.45) is 0 Å². The van der Waals surface area contributed by atoms with Crippen LogP contribution in [0, 0.1) is 17.7 Å². The summed E-state index contributed by atoms with van der Waals surface area (Å²) in [5, 5.41) is 6.43. The molecule has 0 aliphatic rings. The summed E-state index contributed by atoms with van der Waals surface area (Å²) in [7, 11) is 0. The van der Waals surface area contributed by atoms with E-state index in [1.54, 1.807) is 36.4 Å². The van der Waals surface area contributed by atoms with Crippen molar-refractivity contribution >= 4 is 50.6 Å². The molecule has 0 bridgehead atoms. The summed E-state index contributed by atoms with van der Waals surface area (Å²) in [6, 6.07) is 16.9. The lowest BCUT2D eigenvalue weighted by atomic mass is 10.2. The molecule has 0 spiro atoms. The predicted molar refractivity (Wildman–Crippen MR) is 145 cm³/mol. The summed E-state index contributed by atoms with van der Waals surface area (Å²) < 4.78 is 25.1. The Labute approximate surface area is 226 Å². The number of anilines is 2. The third-order valence-electron chi connectivity index (χ3n) is 5.29. The monoisotopic (exact) mass is 546 g/mol. The molecule has 0 fully saturated rings. The van der Waals surface area contributed by atoms with Crippen LogP contribution in [0.1, 0.15) is 16.2 Å². The molecule has 7 nitrogen and oxygen atoms in total. The summed E-state index contributed by atoms with van der Waals surface area (Å²) in [5.74, 6) is 7.25. The minimum atomic E-state index is -0.316. The molecule has 0 saturated carbocycles. The number of amides is 1. The highest BCUT2D eigenvalue weighted by Crippen LogP contribution is 2.33. The number of carbonyl (C=O) groups is 1. The van der Waals surface area contributed by atoms with Crippen molar-refractivity contribution in [1.29, 1.82) is 0 Å². The van der Waals surface area contributed by atoms with Crippen molar-refractivity contribution in [1.82, 2.24) is 15.3 Å². The smallest absolute Gasteiger partial charge is 0.228 e.